The number of unbranched alkanes of at least 4 members (excludes halogenated alkanes) is 2. The molecule has 1 saturated heterocycles. The van der Waals surface area contributed by atoms with Crippen LogP contribution in [0.25, 0.3) is 10.8 Å². The number of carbonyl (C=O) groups is 11. The first-order valence-electron chi connectivity index (χ1n) is 39.0. The number of rotatable bonds is 45. The van der Waals surface area contributed by atoms with Gasteiger partial charge in [-0.3, -0.25) is 67.7 Å². The lowest BCUT2D eigenvalue weighted by atomic mass is 9.99. The SMILES string of the molecule is CCNC(=NCCCC[C@H](NC(=O)[C@@H](Cc1ccc(O)cc1)NC(=O)[C@H](CO)NC(=O)[C@H](Cc1cccnc1)NC(=O)[C@@H](Cc1ccc(Cl)cc1)NC(=O)[C@@H](Cc1ccc2ccccc2c1)NC(C)=O)C(=O)N[C@@H](CC(C)S(C)(=O)=O)C(=O)N[C@@H](CCCCN=C(NCC)NCC)C(=O)N1CCC[C@H]1C(=O)N[C@H](C)C(N)=O)NCC. The molecule has 5 aromatic rings. The van der Waals surface area contributed by atoms with Gasteiger partial charge in [-0.2, -0.15) is 0 Å². The number of guanidine groups is 2. The van der Waals surface area contributed by atoms with E-state index in [1.54, 1.807) is 36.4 Å². The van der Waals surface area contributed by atoms with Crippen LogP contribution >= 0.6 is 11.6 Å². The molecule has 0 saturated carbocycles. The fraction of sp³-hybridized carbons (Fsp3) is 0.500. The molecule has 115 heavy (non-hydrogen) atoms. The van der Waals surface area contributed by atoms with Gasteiger partial charge in [-0.25, -0.2) is 8.42 Å². The number of aromatic hydroxyl groups is 1. The van der Waals surface area contributed by atoms with Crippen LogP contribution in [-0.2, 0) is 88.3 Å². The number of nitrogens with two attached hydrogens (primary N) is 1. The predicted molar refractivity (Wildman–Crippen MR) is 438 cm³/mol. The molecule has 1 unspecified atom stereocenters. The summed E-state index contributed by atoms with van der Waals surface area (Å²) in [5.41, 5.74) is 7.48. The van der Waals surface area contributed by atoms with E-state index < -0.39 is 154 Å². The number of aromatic nitrogens is 1. The van der Waals surface area contributed by atoms with Crippen molar-refractivity contribution in [1.29, 1.82) is 0 Å². The summed E-state index contributed by atoms with van der Waals surface area (Å²) in [6.07, 6.45) is 4.17. The van der Waals surface area contributed by atoms with Gasteiger partial charge >= 0.3 is 0 Å². The molecule has 0 bridgehead atoms. The Labute approximate surface area is 676 Å². The normalized spacial score (nSPS) is 15.1. The molecule has 2 heterocycles. The number of benzene rings is 4. The molecular formula is C80H113ClN18O15S. The Morgan fingerprint density at radius 3 is 1.49 bits per heavy atom. The van der Waals surface area contributed by atoms with E-state index in [-0.39, 0.29) is 70.2 Å². The molecule has 11 atom stereocenters. The molecule has 0 radical (unpaired) electrons. The van der Waals surface area contributed by atoms with Crippen molar-refractivity contribution in [2.75, 3.05) is 58.7 Å². The molecule has 11 amide bonds. The molecule has 1 fully saturated rings. The Bertz CT molecular complexity index is 4240. The maximum Gasteiger partial charge on any atom is 0.245 e. The average Bonchev–Trinajstić information content (AvgIpc) is 1.83. The van der Waals surface area contributed by atoms with Crippen molar-refractivity contribution in [3.05, 3.63) is 143 Å². The summed E-state index contributed by atoms with van der Waals surface area (Å²) >= 11 is 6.26. The average molecular weight is 1630 g/mol. The highest BCUT2D eigenvalue weighted by Crippen LogP contribution is 2.23. The van der Waals surface area contributed by atoms with E-state index in [0.29, 0.717) is 97.6 Å². The molecule has 1 aliphatic heterocycles. The summed E-state index contributed by atoms with van der Waals surface area (Å²) in [6, 6.07) is 13.8. The minimum Gasteiger partial charge on any atom is -0.508 e. The lowest BCUT2D eigenvalue weighted by Gasteiger charge is -2.31. The third kappa shape index (κ3) is 31.4. The Hall–Kier alpha value is -11.0. The number of halogens is 1. The van der Waals surface area contributed by atoms with Crippen molar-refractivity contribution in [2.45, 2.75) is 198 Å². The first kappa shape index (κ1) is 92.9. The van der Waals surface area contributed by atoms with E-state index in [1.807, 2.05) is 70.2 Å². The van der Waals surface area contributed by atoms with E-state index in [0.717, 1.165) is 17.0 Å². The third-order valence-corrected chi connectivity index (χ3v) is 21.0. The van der Waals surface area contributed by atoms with Crippen LogP contribution in [0.15, 0.2) is 126 Å². The predicted octanol–water partition coefficient (Wildman–Crippen LogP) is 1.05. The highest BCUT2D eigenvalue weighted by Gasteiger charge is 2.41. The number of aliphatic hydroxyl groups is 1. The summed E-state index contributed by atoms with van der Waals surface area (Å²) in [7, 11) is -3.95. The van der Waals surface area contributed by atoms with Crippen LogP contribution in [0.4, 0.5) is 0 Å². The van der Waals surface area contributed by atoms with E-state index in [9.17, 15) is 57.0 Å². The van der Waals surface area contributed by atoms with Crippen LogP contribution in [0, 0.1) is 0 Å². The van der Waals surface area contributed by atoms with Gasteiger partial charge in [0.05, 0.1) is 11.9 Å². The minimum absolute atomic E-state index is 0.0181. The molecule has 33 nitrogen and oxygen atoms in total. The number of aliphatic hydroxyl groups excluding tert-OH is 1. The molecule has 1 aromatic heterocycles. The Morgan fingerprint density at radius 1 is 0.539 bits per heavy atom. The zero-order valence-corrected chi connectivity index (χ0v) is 68.1. The number of fused-ring (bicyclic) bond motifs is 1. The van der Waals surface area contributed by atoms with Crippen molar-refractivity contribution in [3.63, 3.8) is 0 Å². The standard InChI is InChI=1S/C80H113ClN18O15S/c1-9-84-79(85-10-2)88-38-17-15-24-60(70(104)94-62(41-49(5)115(8,113)114)71(105)93-61(25-16-18-39-89-80(86-11-3)87-12-4)78(112)99-40-20-26-68(99)77(111)90-50(6)69(82)103)92-73(107)64(44-53-30-35-59(102)36-31-53)97-76(110)67(48-100)98-75(109)66(46-55-21-19-37-83-47-55)96-74(108)65(43-52-28-33-58(81)34-29-52)95-72(106)63(91-51(7)101)45-54-27-32-56-22-13-14-23-57(56)42-54/h13-14,19,21-23,27-37,42,47,49-50,60-68,100,102H,9-12,15-18,20,24-26,38-41,43-46,48H2,1-8H3,(H2,82,103)(H,90,111)(H,91,101)(H,92,107)(H,93,105)(H,94,104)(H,95,106)(H,96,108)(H,97,110)(H,98,109)(H2,84,85,88)(H2,86,87,89)/t49?,50-,60+,61+,62+,63-,64-,65-,66+,67+,68+/m1/s1. The zero-order chi connectivity index (χ0) is 84.2. The van der Waals surface area contributed by atoms with Gasteiger partial charge in [-0.15, -0.1) is 0 Å². The topological polar surface area (TPSA) is 486 Å². The largest absolute Gasteiger partial charge is 0.508 e. The quantitative estimate of drug-likeness (QED) is 0.0147. The number of aliphatic imine (C=N–C) groups is 2. The van der Waals surface area contributed by atoms with E-state index in [2.05, 4.69) is 84.1 Å². The second-order valence-electron chi connectivity index (χ2n) is 28.3. The molecular weight excluding hydrogens is 1520 g/mol. The lowest BCUT2D eigenvalue weighted by molar-refractivity contribution is -0.142. The molecule has 0 aliphatic carbocycles. The van der Waals surface area contributed by atoms with Gasteiger partial charge in [-0.1, -0.05) is 84.4 Å². The van der Waals surface area contributed by atoms with Gasteiger partial charge in [0.2, 0.25) is 65.0 Å². The van der Waals surface area contributed by atoms with Gasteiger partial charge < -0.3 is 90.0 Å². The zero-order valence-electron chi connectivity index (χ0n) is 66.5. The second kappa shape index (κ2) is 47.6. The van der Waals surface area contributed by atoms with Gasteiger partial charge in [0.25, 0.3) is 0 Å². The number of hydrogen-bond donors (Lipinski definition) is 16. The van der Waals surface area contributed by atoms with Gasteiger partial charge in [0.15, 0.2) is 11.9 Å². The number of primary amides is 1. The molecule has 0 spiro atoms. The maximum atomic E-state index is 15.3. The van der Waals surface area contributed by atoms with Crippen LogP contribution in [0.1, 0.15) is 129 Å². The van der Waals surface area contributed by atoms with E-state index >= 15 is 14.4 Å². The fourth-order valence-corrected chi connectivity index (χ4v) is 13.4. The monoisotopic (exact) mass is 1630 g/mol. The molecule has 6 rings (SSSR count). The highest BCUT2D eigenvalue weighted by atomic mass is 35.5. The first-order valence-corrected chi connectivity index (χ1v) is 41.3. The lowest BCUT2D eigenvalue weighted by Crippen LogP contribution is -2.61. The number of nitrogens with one attached hydrogen (secondary N) is 13. The number of phenolic OH excluding ortho intramolecular Hbond substituents is 1. The third-order valence-electron chi connectivity index (χ3n) is 19.1. The molecule has 4 aromatic carbocycles. The summed E-state index contributed by atoms with van der Waals surface area (Å²) in [4.78, 5) is 173. The van der Waals surface area contributed by atoms with Crippen molar-refractivity contribution in [2.24, 2.45) is 15.7 Å². The minimum atomic E-state index is -3.95. The van der Waals surface area contributed by atoms with Crippen LogP contribution in [0.3, 0.4) is 0 Å². The second-order valence-corrected chi connectivity index (χ2v) is 31.2. The molecule has 17 N–H and O–H groups in total. The number of carbonyl (C=O) groups excluding carboxylic acids is 11. The Kier molecular flexibility index (Phi) is 38.5. The summed E-state index contributed by atoms with van der Waals surface area (Å²) in [6.45, 7) is 13.3. The number of pyridine rings is 1. The van der Waals surface area contributed by atoms with Crippen molar-refractivity contribution in [1.82, 2.24) is 79.0 Å². The van der Waals surface area contributed by atoms with Crippen molar-refractivity contribution >= 4 is 109 Å². The number of hydrogen-bond acceptors (Lipinski definition) is 18. The smallest absolute Gasteiger partial charge is 0.245 e. The van der Waals surface area contributed by atoms with Gasteiger partial charge in [0, 0.05) is 102 Å². The Balaban J connectivity index is 1.32. The van der Waals surface area contributed by atoms with Crippen molar-refractivity contribution < 1.29 is 71.4 Å². The number of amides is 11. The summed E-state index contributed by atoms with van der Waals surface area (Å²) < 4.78 is 26.6. The number of sulfone groups is 1. The van der Waals surface area contributed by atoms with E-state index in [1.165, 1.54) is 62.3 Å². The van der Waals surface area contributed by atoms with Crippen molar-refractivity contribution in [3.8, 4) is 5.75 Å². The van der Waals surface area contributed by atoms with Crippen LogP contribution in [-0.4, -0.2) is 230 Å². The van der Waals surface area contributed by atoms with Gasteiger partial charge in [0.1, 0.15) is 76.0 Å². The Morgan fingerprint density at radius 2 is 0.983 bits per heavy atom. The first-order chi connectivity index (χ1) is 54.9. The molecule has 1 aliphatic rings. The van der Waals surface area contributed by atoms with Crippen LogP contribution in [0.2, 0.25) is 5.02 Å². The maximum absolute atomic E-state index is 15.3. The summed E-state index contributed by atoms with van der Waals surface area (Å²) in [5, 5.41) is 58.9. The number of likely N-dealkylation sites (tertiary alicyclic amines) is 1. The van der Waals surface area contributed by atoms with Crippen LogP contribution < -0.4 is 74.9 Å². The number of phenols is 1. The van der Waals surface area contributed by atoms with Gasteiger partial charge in [-0.05, 0) is 163 Å². The van der Waals surface area contributed by atoms with Crippen LogP contribution in [0.5, 0.6) is 5.75 Å². The highest BCUT2D eigenvalue weighted by molar-refractivity contribution is 7.91. The van der Waals surface area contributed by atoms with E-state index in [4.69, 9.17) is 17.3 Å². The molecule has 626 valence electrons. The molecule has 35 heteroatoms. The summed E-state index contributed by atoms with van der Waals surface area (Å²) in [5.74, 6) is -8.56. The fourth-order valence-electron chi connectivity index (χ4n) is 12.7. The number of nitrogens with zero attached hydrogens (tertiary/aromatic N) is 4.